The van der Waals surface area contributed by atoms with Gasteiger partial charge >= 0.3 is 0 Å². The number of nitrogens with zero attached hydrogens (tertiary/aromatic N) is 1. The predicted octanol–water partition coefficient (Wildman–Crippen LogP) is 1.25. The van der Waals surface area contributed by atoms with Crippen molar-refractivity contribution in [1.82, 2.24) is 4.98 Å². The van der Waals surface area contributed by atoms with Crippen molar-refractivity contribution < 1.29 is 5.11 Å². The van der Waals surface area contributed by atoms with Gasteiger partial charge in [-0.3, -0.25) is 4.98 Å². The number of hydrogen-bond donors (Lipinski definition) is 2. The molecule has 0 aliphatic rings. The number of nitrogens with two attached hydrogens (primary N) is 1. The summed E-state index contributed by atoms with van der Waals surface area (Å²) in [6.45, 7) is 1.68. The molecule has 0 aliphatic carbocycles. The average molecular weight is 187 g/mol. The Morgan fingerprint density at radius 1 is 1.67 bits per heavy atom. The number of rotatable bonds is 2. The summed E-state index contributed by atoms with van der Waals surface area (Å²) in [6.07, 6.45) is 0. The Hall–Kier alpha value is -0.640. The summed E-state index contributed by atoms with van der Waals surface area (Å²) in [5.41, 5.74) is 6.82. The molecular formula is C8H11ClN2O. The minimum absolute atomic E-state index is 0.132. The van der Waals surface area contributed by atoms with Gasteiger partial charge in [-0.2, -0.15) is 0 Å². The molecule has 3 nitrogen and oxygen atoms in total. The summed E-state index contributed by atoms with van der Waals surface area (Å²) in [7, 11) is 0. The van der Waals surface area contributed by atoms with Crippen molar-refractivity contribution in [3.05, 3.63) is 28.5 Å². The molecule has 12 heavy (non-hydrogen) atoms. The summed E-state index contributed by atoms with van der Waals surface area (Å²) >= 11 is 5.74. The molecule has 0 aliphatic heterocycles. The van der Waals surface area contributed by atoms with Gasteiger partial charge in [-0.1, -0.05) is 11.6 Å². The number of aliphatic hydroxyl groups is 1. The van der Waals surface area contributed by atoms with E-state index in [9.17, 15) is 0 Å². The molecule has 0 aromatic carbocycles. The molecule has 1 aromatic rings. The van der Waals surface area contributed by atoms with E-state index in [4.69, 9.17) is 22.4 Å². The molecule has 3 N–H and O–H groups in total. The lowest BCUT2D eigenvalue weighted by molar-refractivity contribution is 0.276. The minimum atomic E-state index is -0.153. The van der Waals surface area contributed by atoms with Gasteiger partial charge in [-0.25, -0.2) is 0 Å². The Morgan fingerprint density at radius 3 is 2.83 bits per heavy atom. The molecule has 0 radical (unpaired) electrons. The van der Waals surface area contributed by atoms with Crippen LogP contribution < -0.4 is 5.73 Å². The van der Waals surface area contributed by atoms with Crippen molar-refractivity contribution in [3.8, 4) is 0 Å². The second kappa shape index (κ2) is 3.85. The van der Waals surface area contributed by atoms with Crippen LogP contribution >= 0.6 is 11.6 Å². The Bertz CT molecular complexity index is 276. The molecule has 4 heteroatoms. The van der Waals surface area contributed by atoms with Gasteiger partial charge in [0.2, 0.25) is 0 Å². The Balaban J connectivity index is 3.05. The lowest BCUT2D eigenvalue weighted by Gasteiger charge is -2.06. The van der Waals surface area contributed by atoms with Crippen LogP contribution in [0.3, 0.4) is 0 Å². The summed E-state index contributed by atoms with van der Waals surface area (Å²) in [4.78, 5) is 4.08. The summed E-state index contributed by atoms with van der Waals surface area (Å²) in [5, 5.41) is 9.31. The monoisotopic (exact) mass is 186 g/mol. The highest BCUT2D eigenvalue weighted by Gasteiger charge is 2.05. The number of aromatic nitrogens is 1. The molecule has 0 amide bonds. The Labute approximate surface area is 76.2 Å². The van der Waals surface area contributed by atoms with Crippen LogP contribution in [0.5, 0.6) is 0 Å². The largest absolute Gasteiger partial charge is 0.390 e. The standard InChI is InChI=1S/C8H11ClN2O/c1-5(10)7-3-2-6(9)8(4-12)11-7/h2-3,5,12H,4,10H2,1H3/t5-/m0/s1. The lowest BCUT2D eigenvalue weighted by Crippen LogP contribution is -2.08. The van der Waals surface area contributed by atoms with Crippen molar-refractivity contribution in [3.63, 3.8) is 0 Å². The topological polar surface area (TPSA) is 59.1 Å². The van der Waals surface area contributed by atoms with Crippen LogP contribution in [-0.4, -0.2) is 10.1 Å². The highest BCUT2D eigenvalue weighted by Crippen LogP contribution is 2.16. The van der Waals surface area contributed by atoms with Crippen LogP contribution in [-0.2, 0) is 6.61 Å². The van der Waals surface area contributed by atoms with Gasteiger partial charge in [0.05, 0.1) is 23.0 Å². The SMILES string of the molecule is C[C@H](N)c1ccc(Cl)c(CO)n1. The molecule has 1 heterocycles. The second-order valence-corrected chi connectivity index (χ2v) is 3.02. The van der Waals surface area contributed by atoms with Crippen LogP contribution in [0, 0.1) is 0 Å². The van der Waals surface area contributed by atoms with Gasteiger partial charge in [0.1, 0.15) is 0 Å². The van der Waals surface area contributed by atoms with E-state index >= 15 is 0 Å². The molecule has 66 valence electrons. The first kappa shape index (κ1) is 9.45. The second-order valence-electron chi connectivity index (χ2n) is 2.61. The van der Waals surface area contributed by atoms with Gasteiger partial charge in [-0.05, 0) is 19.1 Å². The highest BCUT2D eigenvalue weighted by molar-refractivity contribution is 6.31. The fourth-order valence-electron chi connectivity index (χ4n) is 0.866. The Kier molecular flexibility index (Phi) is 3.03. The van der Waals surface area contributed by atoms with Crippen LogP contribution in [0.25, 0.3) is 0 Å². The molecule has 1 rings (SSSR count). The fraction of sp³-hybridized carbons (Fsp3) is 0.375. The van der Waals surface area contributed by atoms with Gasteiger partial charge < -0.3 is 10.8 Å². The molecule has 1 aromatic heterocycles. The van der Waals surface area contributed by atoms with E-state index in [-0.39, 0.29) is 12.6 Å². The van der Waals surface area contributed by atoms with E-state index in [2.05, 4.69) is 4.98 Å². The first-order chi connectivity index (χ1) is 5.65. The van der Waals surface area contributed by atoms with Crippen molar-refractivity contribution in [2.75, 3.05) is 0 Å². The lowest BCUT2D eigenvalue weighted by atomic mass is 10.2. The molecule has 0 saturated carbocycles. The van der Waals surface area contributed by atoms with E-state index < -0.39 is 0 Å². The molecule has 0 saturated heterocycles. The molecular weight excluding hydrogens is 176 g/mol. The zero-order valence-electron chi connectivity index (χ0n) is 6.79. The normalized spacial score (nSPS) is 13.0. The van der Waals surface area contributed by atoms with Crippen LogP contribution in [0.1, 0.15) is 24.4 Å². The first-order valence-electron chi connectivity index (χ1n) is 3.67. The van der Waals surface area contributed by atoms with Crippen molar-refractivity contribution in [1.29, 1.82) is 0 Å². The van der Waals surface area contributed by atoms with E-state index in [1.165, 1.54) is 0 Å². The maximum atomic E-state index is 8.84. The average Bonchev–Trinajstić information content (AvgIpc) is 2.05. The van der Waals surface area contributed by atoms with Gasteiger partial charge in [-0.15, -0.1) is 0 Å². The smallest absolute Gasteiger partial charge is 0.0868 e. The summed E-state index contributed by atoms with van der Waals surface area (Å²) in [6, 6.07) is 3.32. The highest BCUT2D eigenvalue weighted by atomic mass is 35.5. The van der Waals surface area contributed by atoms with Crippen molar-refractivity contribution >= 4 is 11.6 Å². The molecule has 0 bridgehead atoms. The third-order valence-electron chi connectivity index (χ3n) is 1.56. The number of hydrogen-bond acceptors (Lipinski definition) is 3. The summed E-state index contributed by atoms with van der Waals surface area (Å²) in [5.74, 6) is 0. The first-order valence-corrected chi connectivity index (χ1v) is 4.04. The van der Waals surface area contributed by atoms with E-state index in [1.807, 2.05) is 6.92 Å². The fourth-order valence-corrected chi connectivity index (χ4v) is 1.03. The molecule has 1 atom stereocenters. The number of halogens is 1. The maximum Gasteiger partial charge on any atom is 0.0868 e. The van der Waals surface area contributed by atoms with Crippen molar-refractivity contribution in [2.45, 2.75) is 19.6 Å². The zero-order valence-corrected chi connectivity index (χ0v) is 7.54. The van der Waals surface area contributed by atoms with Gasteiger partial charge in [0, 0.05) is 6.04 Å². The number of aliphatic hydroxyl groups excluding tert-OH is 1. The Morgan fingerprint density at radius 2 is 2.33 bits per heavy atom. The maximum absolute atomic E-state index is 8.84. The third kappa shape index (κ3) is 1.94. The van der Waals surface area contributed by atoms with Gasteiger partial charge in [0.25, 0.3) is 0 Å². The van der Waals surface area contributed by atoms with Crippen LogP contribution in [0.4, 0.5) is 0 Å². The molecule has 0 spiro atoms. The quantitative estimate of drug-likeness (QED) is 0.731. The predicted molar refractivity (Wildman–Crippen MR) is 47.8 cm³/mol. The van der Waals surface area contributed by atoms with E-state index in [0.29, 0.717) is 10.7 Å². The number of pyridine rings is 1. The van der Waals surface area contributed by atoms with Crippen LogP contribution in [0.15, 0.2) is 12.1 Å². The summed E-state index contributed by atoms with van der Waals surface area (Å²) < 4.78 is 0. The van der Waals surface area contributed by atoms with Crippen molar-refractivity contribution in [2.24, 2.45) is 5.73 Å². The molecule has 0 fully saturated rings. The zero-order chi connectivity index (χ0) is 9.14. The van der Waals surface area contributed by atoms with E-state index in [1.54, 1.807) is 12.1 Å². The molecule has 0 unspecified atom stereocenters. The van der Waals surface area contributed by atoms with E-state index in [0.717, 1.165) is 5.69 Å². The minimum Gasteiger partial charge on any atom is -0.390 e. The third-order valence-corrected chi connectivity index (χ3v) is 1.90. The van der Waals surface area contributed by atoms with Crippen LogP contribution in [0.2, 0.25) is 5.02 Å². The van der Waals surface area contributed by atoms with Gasteiger partial charge in [0.15, 0.2) is 0 Å².